The van der Waals surface area contributed by atoms with Crippen LogP contribution in [0.5, 0.6) is 0 Å². The predicted molar refractivity (Wildman–Crippen MR) is 109 cm³/mol. The van der Waals surface area contributed by atoms with Crippen LogP contribution in [0.2, 0.25) is 0 Å². The Kier molecular flexibility index (Phi) is 4.02. The van der Waals surface area contributed by atoms with Crippen LogP contribution in [0.1, 0.15) is 35.6 Å². The molecule has 1 unspecified atom stereocenters. The second kappa shape index (κ2) is 6.67. The number of rotatable bonds is 3. The summed E-state index contributed by atoms with van der Waals surface area (Å²) in [4.78, 5) is 12.1. The van der Waals surface area contributed by atoms with Crippen LogP contribution in [-0.4, -0.2) is 0 Å². The molecular weight excluding hydrogens is 334 g/mol. The number of aryl methyl sites for hydroxylation is 1. The van der Waals surface area contributed by atoms with Gasteiger partial charge in [-0.2, -0.15) is 0 Å². The van der Waals surface area contributed by atoms with Crippen molar-refractivity contribution in [2.45, 2.75) is 31.8 Å². The second-order valence-corrected chi connectivity index (χ2v) is 7.28. The molecule has 0 saturated heterocycles. The standard InChI is InChI=1S/C24H21NO2/c26-23-14-18(15-25-21-11-5-8-16-6-1-3-9-19(16)21)24-20-10-4-2-7-17(20)12-13-22(24)27-23/h1-4,6-7,9-10,12-14,21,25H,5,8,11,15H2. The van der Waals surface area contributed by atoms with E-state index in [2.05, 4.69) is 41.7 Å². The molecule has 1 atom stereocenters. The highest BCUT2D eigenvalue weighted by molar-refractivity contribution is 6.07. The van der Waals surface area contributed by atoms with E-state index >= 15 is 0 Å². The maximum atomic E-state index is 12.1. The summed E-state index contributed by atoms with van der Waals surface area (Å²) in [6.07, 6.45) is 3.46. The van der Waals surface area contributed by atoms with Crippen LogP contribution in [0.3, 0.4) is 0 Å². The van der Waals surface area contributed by atoms with Crippen LogP contribution in [0, 0.1) is 0 Å². The summed E-state index contributed by atoms with van der Waals surface area (Å²) in [7, 11) is 0. The normalized spacial score (nSPS) is 16.5. The predicted octanol–water partition coefficient (Wildman–Crippen LogP) is 5.11. The lowest BCUT2D eigenvalue weighted by molar-refractivity contribution is 0.458. The van der Waals surface area contributed by atoms with Gasteiger partial charge in [0.1, 0.15) is 5.58 Å². The van der Waals surface area contributed by atoms with Gasteiger partial charge in [0, 0.05) is 24.0 Å². The molecule has 1 N–H and O–H groups in total. The van der Waals surface area contributed by atoms with E-state index in [0.29, 0.717) is 18.2 Å². The molecule has 134 valence electrons. The van der Waals surface area contributed by atoms with Crippen LogP contribution in [0.4, 0.5) is 0 Å². The van der Waals surface area contributed by atoms with E-state index in [0.717, 1.165) is 34.6 Å². The van der Waals surface area contributed by atoms with Gasteiger partial charge in [0.2, 0.25) is 0 Å². The molecule has 1 aliphatic rings. The second-order valence-electron chi connectivity index (χ2n) is 7.28. The maximum absolute atomic E-state index is 12.1. The van der Waals surface area contributed by atoms with Crippen molar-refractivity contribution in [3.05, 3.63) is 93.8 Å². The minimum absolute atomic E-state index is 0.293. The van der Waals surface area contributed by atoms with Crippen molar-refractivity contribution in [3.63, 3.8) is 0 Å². The Labute approximate surface area is 157 Å². The first-order valence-electron chi connectivity index (χ1n) is 9.55. The largest absolute Gasteiger partial charge is 0.423 e. The Balaban J connectivity index is 1.56. The van der Waals surface area contributed by atoms with Crippen molar-refractivity contribution in [1.82, 2.24) is 5.32 Å². The molecule has 4 aromatic rings. The lowest BCUT2D eigenvalue weighted by Gasteiger charge is -2.26. The average molecular weight is 355 g/mol. The van der Waals surface area contributed by atoms with Crippen molar-refractivity contribution in [3.8, 4) is 0 Å². The highest BCUT2D eigenvalue weighted by Crippen LogP contribution is 2.31. The van der Waals surface area contributed by atoms with Gasteiger partial charge in [-0.3, -0.25) is 0 Å². The summed E-state index contributed by atoms with van der Waals surface area (Å²) in [6.45, 7) is 0.648. The van der Waals surface area contributed by atoms with Gasteiger partial charge in [-0.25, -0.2) is 4.79 Å². The molecule has 1 heterocycles. The molecule has 3 aromatic carbocycles. The van der Waals surface area contributed by atoms with Gasteiger partial charge in [0.25, 0.3) is 0 Å². The molecule has 0 amide bonds. The molecule has 1 aromatic heterocycles. The number of fused-ring (bicyclic) bond motifs is 4. The third kappa shape index (κ3) is 2.94. The number of nitrogens with one attached hydrogen (secondary N) is 1. The molecule has 1 aliphatic carbocycles. The lowest BCUT2D eigenvalue weighted by Crippen LogP contribution is -2.25. The Morgan fingerprint density at radius 1 is 1.00 bits per heavy atom. The lowest BCUT2D eigenvalue weighted by atomic mass is 9.87. The van der Waals surface area contributed by atoms with E-state index in [4.69, 9.17) is 4.42 Å². The third-order valence-electron chi connectivity index (χ3n) is 5.62. The maximum Gasteiger partial charge on any atom is 0.336 e. The van der Waals surface area contributed by atoms with Crippen molar-refractivity contribution in [2.75, 3.05) is 0 Å². The van der Waals surface area contributed by atoms with Gasteiger partial charge in [-0.1, -0.05) is 54.6 Å². The molecule has 27 heavy (non-hydrogen) atoms. The fraction of sp³-hybridized carbons (Fsp3) is 0.208. The zero-order chi connectivity index (χ0) is 18.2. The molecule has 0 radical (unpaired) electrons. The molecule has 3 nitrogen and oxygen atoms in total. The number of benzene rings is 3. The highest BCUT2D eigenvalue weighted by atomic mass is 16.4. The summed E-state index contributed by atoms with van der Waals surface area (Å²) >= 11 is 0. The van der Waals surface area contributed by atoms with E-state index in [1.54, 1.807) is 6.07 Å². The Bertz CT molecular complexity index is 1190. The fourth-order valence-electron chi connectivity index (χ4n) is 4.36. The molecule has 0 spiro atoms. The fourth-order valence-corrected chi connectivity index (χ4v) is 4.36. The monoisotopic (exact) mass is 355 g/mol. The van der Waals surface area contributed by atoms with E-state index in [1.165, 1.54) is 17.5 Å². The number of hydrogen-bond acceptors (Lipinski definition) is 3. The molecule has 0 fully saturated rings. The first kappa shape index (κ1) is 16.3. The van der Waals surface area contributed by atoms with Crippen LogP contribution >= 0.6 is 0 Å². The smallest absolute Gasteiger partial charge is 0.336 e. The molecule has 0 aliphatic heterocycles. The third-order valence-corrected chi connectivity index (χ3v) is 5.62. The summed E-state index contributed by atoms with van der Waals surface area (Å²) in [6, 6.07) is 22.8. The van der Waals surface area contributed by atoms with Gasteiger partial charge in [-0.05, 0) is 52.8 Å². The SMILES string of the molecule is O=c1cc(CNC2CCCc3ccccc32)c2c(ccc3ccccc32)o1. The van der Waals surface area contributed by atoms with E-state index < -0.39 is 0 Å². The van der Waals surface area contributed by atoms with E-state index in [1.807, 2.05) is 24.3 Å². The number of hydrogen-bond donors (Lipinski definition) is 1. The van der Waals surface area contributed by atoms with Gasteiger partial charge in [0.15, 0.2) is 0 Å². The van der Waals surface area contributed by atoms with Crippen molar-refractivity contribution in [1.29, 1.82) is 0 Å². The Morgan fingerprint density at radius 2 is 1.85 bits per heavy atom. The Morgan fingerprint density at radius 3 is 2.81 bits per heavy atom. The first-order valence-corrected chi connectivity index (χ1v) is 9.55. The summed E-state index contributed by atoms with van der Waals surface area (Å²) in [5, 5.41) is 7.01. The van der Waals surface area contributed by atoms with Gasteiger partial charge in [-0.15, -0.1) is 0 Å². The van der Waals surface area contributed by atoms with Crippen molar-refractivity contribution in [2.24, 2.45) is 0 Å². The minimum atomic E-state index is -0.293. The molecule has 0 bridgehead atoms. The zero-order valence-corrected chi connectivity index (χ0v) is 15.1. The van der Waals surface area contributed by atoms with Crippen molar-refractivity contribution < 1.29 is 4.42 Å². The van der Waals surface area contributed by atoms with Crippen LogP contribution in [-0.2, 0) is 13.0 Å². The molecular formula is C24H21NO2. The zero-order valence-electron chi connectivity index (χ0n) is 15.1. The van der Waals surface area contributed by atoms with Crippen LogP contribution < -0.4 is 10.9 Å². The Hall–Kier alpha value is -2.91. The highest BCUT2D eigenvalue weighted by Gasteiger charge is 2.20. The first-order chi connectivity index (χ1) is 13.3. The van der Waals surface area contributed by atoms with Crippen LogP contribution in [0.25, 0.3) is 21.7 Å². The summed E-state index contributed by atoms with van der Waals surface area (Å²) in [5.41, 5.74) is 4.19. The van der Waals surface area contributed by atoms with Gasteiger partial charge < -0.3 is 9.73 Å². The molecule has 5 rings (SSSR count). The minimum Gasteiger partial charge on any atom is -0.423 e. The summed E-state index contributed by atoms with van der Waals surface area (Å²) in [5.74, 6) is 0. The average Bonchev–Trinajstić information content (AvgIpc) is 2.71. The van der Waals surface area contributed by atoms with Gasteiger partial charge in [0.05, 0.1) is 0 Å². The van der Waals surface area contributed by atoms with Crippen LogP contribution in [0.15, 0.2) is 75.9 Å². The topological polar surface area (TPSA) is 42.2 Å². The molecule has 3 heteroatoms. The van der Waals surface area contributed by atoms with Crippen molar-refractivity contribution >= 4 is 21.7 Å². The quantitative estimate of drug-likeness (QED) is 0.410. The van der Waals surface area contributed by atoms with Gasteiger partial charge >= 0.3 is 5.63 Å². The van der Waals surface area contributed by atoms with E-state index in [9.17, 15) is 4.79 Å². The molecule has 0 saturated carbocycles. The summed E-state index contributed by atoms with van der Waals surface area (Å²) < 4.78 is 5.48. The van der Waals surface area contributed by atoms with E-state index in [-0.39, 0.29) is 5.63 Å².